The highest BCUT2D eigenvalue weighted by Crippen LogP contribution is 2.21. The highest BCUT2D eigenvalue weighted by atomic mass is 16.4. The third-order valence-corrected chi connectivity index (χ3v) is 3.08. The zero-order valence-electron chi connectivity index (χ0n) is 9.87. The maximum atomic E-state index is 11.1. The largest absolute Gasteiger partial charge is 0.481 e. The van der Waals surface area contributed by atoms with Gasteiger partial charge in [0.2, 0.25) is 0 Å². The normalized spacial score (nSPS) is 19.6. The molecule has 1 fully saturated rings. The van der Waals surface area contributed by atoms with E-state index < -0.39 is 11.9 Å². The van der Waals surface area contributed by atoms with Crippen molar-refractivity contribution in [3.63, 3.8) is 0 Å². The Morgan fingerprint density at radius 3 is 2.89 bits per heavy atom. The van der Waals surface area contributed by atoms with E-state index in [0.717, 1.165) is 13.0 Å². The van der Waals surface area contributed by atoms with Crippen molar-refractivity contribution >= 4 is 17.7 Å². The van der Waals surface area contributed by atoms with E-state index in [1.807, 2.05) is 4.90 Å². The average Bonchev–Trinajstić information content (AvgIpc) is 2.39. The zero-order valence-corrected chi connectivity index (χ0v) is 9.87. The average molecular weight is 249 g/mol. The zero-order chi connectivity index (χ0) is 13.1. The molecule has 0 spiro atoms. The second-order valence-corrected chi connectivity index (χ2v) is 4.37. The minimum absolute atomic E-state index is 0.199. The fourth-order valence-electron chi connectivity index (χ4n) is 2.12. The molecule has 2 heterocycles. The van der Waals surface area contributed by atoms with Crippen LogP contribution in [0.5, 0.6) is 0 Å². The lowest BCUT2D eigenvalue weighted by Crippen LogP contribution is -2.39. The molecular formula is C12H15N3O3. The number of nitrogens with zero attached hydrogens (tertiary/aromatic N) is 2. The third kappa shape index (κ3) is 2.58. The molecule has 0 radical (unpaired) electrons. The van der Waals surface area contributed by atoms with Gasteiger partial charge in [-0.15, -0.1) is 0 Å². The lowest BCUT2D eigenvalue weighted by Gasteiger charge is -2.31. The number of hydrogen-bond acceptors (Lipinski definition) is 4. The molecule has 1 saturated heterocycles. The van der Waals surface area contributed by atoms with Crippen molar-refractivity contribution in [1.82, 2.24) is 4.98 Å². The van der Waals surface area contributed by atoms with E-state index in [2.05, 4.69) is 4.98 Å². The molecule has 1 atom stereocenters. The van der Waals surface area contributed by atoms with Gasteiger partial charge < -0.3 is 15.7 Å². The summed E-state index contributed by atoms with van der Waals surface area (Å²) in [6.07, 6.45) is 1.49. The van der Waals surface area contributed by atoms with E-state index >= 15 is 0 Å². The molecule has 1 unspecified atom stereocenters. The summed E-state index contributed by atoms with van der Waals surface area (Å²) in [5.41, 5.74) is 5.37. The number of rotatable bonds is 3. The fourth-order valence-corrected chi connectivity index (χ4v) is 2.12. The number of carboxylic acids is 1. The van der Waals surface area contributed by atoms with Gasteiger partial charge in [-0.1, -0.05) is 6.07 Å². The number of aromatic nitrogens is 1. The molecule has 0 aliphatic carbocycles. The molecule has 18 heavy (non-hydrogen) atoms. The molecule has 0 saturated carbocycles. The molecule has 6 nitrogen and oxygen atoms in total. The maximum Gasteiger partial charge on any atom is 0.308 e. The van der Waals surface area contributed by atoms with Gasteiger partial charge in [0.15, 0.2) is 0 Å². The number of hydrogen-bond donors (Lipinski definition) is 2. The molecule has 1 aliphatic rings. The van der Waals surface area contributed by atoms with Crippen molar-refractivity contribution in [3.8, 4) is 0 Å². The smallest absolute Gasteiger partial charge is 0.308 e. The van der Waals surface area contributed by atoms with Gasteiger partial charge in [-0.05, 0) is 25.0 Å². The van der Waals surface area contributed by atoms with Gasteiger partial charge in [0.05, 0.1) is 5.92 Å². The lowest BCUT2D eigenvalue weighted by molar-refractivity contribution is -0.141. The highest BCUT2D eigenvalue weighted by molar-refractivity contribution is 5.91. The molecule has 1 aromatic heterocycles. The third-order valence-electron chi connectivity index (χ3n) is 3.08. The Kier molecular flexibility index (Phi) is 3.45. The number of pyridine rings is 1. The molecule has 1 aromatic rings. The Bertz CT molecular complexity index is 475. The lowest BCUT2D eigenvalue weighted by atomic mass is 9.98. The van der Waals surface area contributed by atoms with Gasteiger partial charge in [0.25, 0.3) is 5.91 Å². The quantitative estimate of drug-likeness (QED) is 0.812. The van der Waals surface area contributed by atoms with Crippen LogP contribution in [0.2, 0.25) is 0 Å². The van der Waals surface area contributed by atoms with Gasteiger partial charge in [-0.2, -0.15) is 0 Å². The van der Waals surface area contributed by atoms with Crippen molar-refractivity contribution in [2.24, 2.45) is 11.7 Å². The molecule has 0 bridgehead atoms. The minimum Gasteiger partial charge on any atom is -0.481 e. The van der Waals surface area contributed by atoms with Crippen LogP contribution in [0.15, 0.2) is 18.2 Å². The molecule has 96 valence electrons. The number of amides is 1. The summed E-state index contributed by atoms with van der Waals surface area (Å²) >= 11 is 0. The van der Waals surface area contributed by atoms with Gasteiger partial charge in [-0.25, -0.2) is 4.98 Å². The van der Waals surface area contributed by atoms with Crippen LogP contribution in [0, 0.1) is 5.92 Å². The monoisotopic (exact) mass is 249 g/mol. The van der Waals surface area contributed by atoms with Crippen LogP contribution in [0.25, 0.3) is 0 Å². The molecule has 1 aliphatic heterocycles. The Balaban J connectivity index is 2.18. The standard InChI is InChI=1S/C12H15N3O3/c13-11(16)9-4-1-5-10(14-9)15-6-2-3-8(7-15)12(17)18/h1,4-5,8H,2-3,6-7H2,(H2,13,16)(H,17,18). The Morgan fingerprint density at radius 1 is 1.44 bits per heavy atom. The number of nitrogens with two attached hydrogens (primary N) is 1. The van der Waals surface area contributed by atoms with E-state index in [0.29, 0.717) is 18.8 Å². The summed E-state index contributed by atoms with van der Waals surface area (Å²) in [6, 6.07) is 5.01. The first-order valence-corrected chi connectivity index (χ1v) is 5.82. The van der Waals surface area contributed by atoms with Crippen LogP contribution in [-0.4, -0.2) is 35.1 Å². The second kappa shape index (κ2) is 5.03. The number of carbonyl (C=O) groups is 2. The van der Waals surface area contributed by atoms with Crippen LogP contribution in [0.1, 0.15) is 23.3 Å². The molecular weight excluding hydrogens is 234 g/mol. The highest BCUT2D eigenvalue weighted by Gasteiger charge is 2.26. The van der Waals surface area contributed by atoms with Crippen LogP contribution >= 0.6 is 0 Å². The molecule has 0 aromatic carbocycles. The first-order valence-electron chi connectivity index (χ1n) is 5.82. The van der Waals surface area contributed by atoms with Crippen molar-refractivity contribution < 1.29 is 14.7 Å². The Morgan fingerprint density at radius 2 is 2.22 bits per heavy atom. The fraction of sp³-hybridized carbons (Fsp3) is 0.417. The maximum absolute atomic E-state index is 11.1. The van der Waals surface area contributed by atoms with E-state index in [4.69, 9.17) is 10.8 Å². The summed E-state index contributed by atoms with van der Waals surface area (Å²) in [7, 11) is 0. The van der Waals surface area contributed by atoms with Crippen LogP contribution < -0.4 is 10.6 Å². The van der Waals surface area contributed by atoms with Crippen molar-refractivity contribution in [2.45, 2.75) is 12.8 Å². The summed E-state index contributed by atoms with van der Waals surface area (Å²) in [5.74, 6) is -1.13. The Labute approximate surface area is 104 Å². The molecule has 3 N–H and O–H groups in total. The van der Waals surface area contributed by atoms with E-state index in [-0.39, 0.29) is 11.6 Å². The number of anilines is 1. The Hall–Kier alpha value is -2.11. The molecule has 2 rings (SSSR count). The second-order valence-electron chi connectivity index (χ2n) is 4.37. The summed E-state index contributed by atoms with van der Waals surface area (Å²) in [4.78, 5) is 28.1. The van der Waals surface area contributed by atoms with Gasteiger partial charge in [0, 0.05) is 13.1 Å². The van der Waals surface area contributed by atoms with Gasteiger partial charge in [-0.3, -0.25) is 9.59 Å². The number of primary amides is 1. The van der Waals surface area contributed by atoms with Crippen LogP contribution in [-0.2, 0) is 4.79 Å². The predicted molar refractivity (Wildman–Crippen MR) is 65.3 cm³/mol. The van der Waals surface area contributed by atoms with Crippen molar-refractivity contribution in [2.75, 3.05) is 18.0 Å². The first-order chi connectivity index (χ1) is 8.58. The number of aliphatic carboxylic acids is 1. The van der Waals surface area contributed by atoms with E-state index in [1.165, 1.54) is 0 Å². The van der Waals surface area contributed by atoms with Crippen molar-refractivity contribution in [1.29, 1.82) is 0 Å². The van der Waals surface area contributed by atoms with Gasteiger partial charge >= 0.3 is 5.97 Å². The van der Waals surface area contributed by atoms with E-state index in [9.17, 15) is 9.59 Å². The van der Waals surface area contributed by atoms with Crippen LogP contribution in [0.4, 0.5) is 5.82 Å². The minimum atomic E-state index is -0.786. The van der Waals surface area contributed by atoms with Gasteiger partial charge in [0.1, 0.15) is 11.5 Å². The van der Waals surface area contributed by atoms with E-state index in [1.54, 1.807) is 18.2 Å². The predicted octanol–water partition coefficient (Wildman–Crippen LogP) is 0.481. The molecule has 1 amide bonds. The van der Waals surface area contributed by atoms with Crippen molar-refractivity contribution in [3.05, 3.63) is 23.9 Å². The number of carboxylic acid groups (broad SMARTS) is 1. The molecule has 6 heteroatoms. The summed E-state index contributed by atoms with van der Waals surface area (Å²) in [6.45, 7) is 1.17. The van der Waals surface area contributed by atoms with Crippen LogP contribution in [0.3, 0.4) is 0 Å². The number of carbonyl (C=O) groups excluding carboxylic acids is 1. The topological polar surface area (TPSA) is 96.5 Å². The summed E-state index contributed by atoms with van der Waals surface area (Å²) in [5, 5.41) is 9.02. The number of piperidine rings is 1. The summed E-state index contributed by atoms with van der Waals surface area (Å²) < 4.78 is 0. The SMILES string of the molecule is NC(=O)c1cccc(N2CCCC(C(=O)O)C2)n1. The first kappa shape index (κ1) is 12.3.